The highest BCUT2D eigenvalue weighted by atomic mass is 79.9. The van der Waals surface area contributed by atoms with E-state index < -0.39 is 9.84 Å². The third-order valence-electron chi connectivity index (χ3n) is 2.34. The number of nitrogens with one attached hydrogen (secondary N) is 1. The van der Waals surface area contributed by atoms with Crippen LogP contribution < -0.4 is 5.32 Å². The predicted molar refractivity (Wildman–Crippen MR) is 75.2 cm³/mol. The first-order valence-electron chi connectivity index (χ1n) is 5.29. The molecule has 1 N–H and O–H groups in total. The van der Waals surface area contributed by atoms with Crippen LogP contribution in [0.15, 0.2) is 22.7 Å². The van der Waals surface area contributed by atoms with Gasteiger partial charge in [-0.05, 0) is 33.6 Å². The molecule has 0 saturated heterocycles. The van der Waals surface area contributed by atoms with E-state index >= 15 is 0 Å². The van der Waals surface area contributed by atoms with Crippen LogP contribution in [-0.2, 0) is 16.4 Å². The number of benzene rings is 1. The topological polar surface area (TPSA) is 46.2 Å². The molecule has 0 aliphatic carbocycles. The van der Waals surface area contributed by atoms with E-state index in [0.29, 0.717) is 18.1 Å². The molecule has 0 atom stereocenters. The van der Waals surface area contributed by atoms with E-state index in [1.807, 2.05) is 18.2 Å². The van der Waals surface area contributed by atoms with Crippen molar-refractivity contribution < 1.29 is 8.42 Å². The molecular formula is C11H15BrClNO2S. The highest BCUT2D eigenvalue weighted by molar-refractivity contribution is 9.10. The SMILES string of the molecule is CCS(=O)(=O)CCNCc1ccc(Cl)c(Br)c1. The number of hydrogen-bond acceptors (Lipinski definition) is 3. The third kappa shape index (κ3) is 5.38. The molecule has 1 aromatic rings. The Kier molecular flexibility index (Phi) is 5.92. The molecule has 0 saturated carbocycles. The number of sulfone groups is 1. The van der Waals surface area contributed by atoms with Crippen molar-refractivity contribution in [2.45, 2.75) is 13.5 Å². The highest BCUT2D eigenvalue weighted by Gasteiger charge is 2.06. The van der Waals surface area contributed by atoms with Crippen molar-refractivity contribution in [3.05, 3.63) is 33.3 Å². The maximum atomic E-state index is 11.2. The van der Waals surface area contributed by atoms with Gasteiger partial charge in [0, 0.05) is 23.3 Å². The lowest BCUT2D eigenvalue weighted by Crippen LogP contribution is -2.23. The van der Waals surface area contributed by atoms with Crippen molar-refractivity contribution in [2.24, 2.45) is 0 Å². The maximum Gasteiger partial charge on any atom is 0.151 e. The Morgan fingerprint density at radius 3 is 2.71 bits per heavy atom. The summed E-state index contributed by atoms with van der Waals surface area (Å²) in [6, 6.07) is 5.64. The fourth-order valence-electron chi connectivity index (χ4n) is 1.25. The van der Waals surface area contributed by atoms with Gasteiger partial charge in [-0.1, -0.05) is 24.6 Å². The molecule has 17 heavy (non-hydrogen) atoms. The van der Waals surface area contributed by atoms with Crippen LogP contribution in [-0.4, -0.2) is 26.5 Å². The van der Waals surface area contributed by atoms with Gasteiger partial charge in [0.15, 0.2) is 9.84 Å². The Bertz CT molecular complexity index is 476. The molecule has 0 aromatic heterocycles. The minimum Gasteiger partial charge on any atom is -0.312 e. The molecule has 0 aliphatic heterocycles. The Morgan fingerprint density at radius 1 is 1.41 bits per heavy atom. The summed E-state index contributed by atoms with van der Waals surface area (Å²) in [6.45, 7) is 2.76. The van der Waals surface area contributed by atoms with Crippen LogP contribution in [0.2, 0.25) is 5.02 Å². The summed E-state index contributed by atoms with van der Waals surface area (Å²) in [7, 11) is -2.88. The van der Waals surface area contributed by atoms with Gasteiger partial charge in [-0.2, -0.15) is 0 Å². The molecule has 1 rings (SSSR count). The van der Waals surface area contributed by atoms with E-state index in [1.54, 1.807) is 6.92 Å². The Balaban J connectivity index is 2.39. The van der Waals surface area contributed by atoms with E-state index in [1.165, 1.54) is 0 Å². The quantitative estimate of drug-likeness (QED) is 0.810. The first-order chi connectivity index (χ1) is 7.94. The predicted octanol–water partition coefficient (Wildman–Crippen LogP) is 2.63. The summed E-state index contributed by atoms with van der Waals surface area (Å²) < 4.78 is 23.3. The van der Waals surface area contributed by atoms with Gasteiger partial charge >= 0.3 is 0 Å². The van der Waals surface area contributed by atoms with Crippen molar-refractivity contribution in [1.82, 2.24) is 5.32 Å². The summed E-state index contributed by atoms with van der Waals surface area (Å²) >= 11 is 9.22. The van der Waals surface area contributed by atoms with Crippen LogP contribution in [0.25, 0.3) is 0 Å². The highest BCUT2D eigenvalue weighted by Crippen LogP contribution is 2.22. The molecule has 0 aliphatic rings. The van der Waals surface area contributed by atoms with Crippen molar-refractivity contribution >= 4 is 37.4 Å². The number of hydrogen-bond donors (Lipinski definition) is 1. The zero-order valence-corrected chi connectivity index (χ0v) is 12.7. The largest absolute Gasteiger partial charge is 0.312 e. The van der Waals surface area contributed by atoms with Crippen LogP contribution >= 0.6 is 27.5 Å². The van der Waals surface area contributed by atoms with E-state index in [9.17, 15) is 8.42 Å². The van der Waals surface area contributed by atoms with Gasteiger partial charge in [0.05, 0.1) is 10.8 Å². The molecule has 0 fully saturated rings. The van der Waals surface area contributed by atoms with Crippen molar-refractivity contribution in [3.63, 3.8) is 0 Å². The van der Waals surface area contributed by atoms with Gasteiger partial charge < -0.3 is 5.32 Å². The average Bonchev–Trinajstić information content (AvgIpc) is 2.29. The summed E-state index contributed by atoms with van der Waals surface area (Å²) in [5, 5.41) is 3.76. The van der Waals surface area contributed by atoms with Crippen LogP contribution in [0.4, 0.5) is 0 Å². The summed E-state index contributed by atoms with van der Waals surface area (Å²) in [4.78, 5) is 0. The number of halogens is 2. The minimum absolute atomic E-state index is 0.179. The number of rotatable bonds is 6. The van der Waals surface area contributed by atoms with E-state index in [4.69, 9.17) is 11.6 Å². The molecular weight excluding hydrogens is 326 g/mol. The second-order valence-corrected chi connectivity index (χ2v) is 7.40. The van der Waals surface area contributed by atoms with E-state index in [-0.39, 0.29) is 11.5 Å². The Morgan fingerprint density at radius 2 is 2.12 bits per heavy atom. The summed E-state index contributed by atoms with van der Waals surface area (Å²) in [6.07, 6.45) is 0. The second-order valence-electron chi connectivity index (χ2n) is 3.66. The van der Waals surface area contributed by atoms with Crippen LogP contribution in [0.1, 0.15) is 12.5 Å². The van der Waals surface area contributed by atoms with Gasteiger partial charge in [-0.3, -0.25) is 0 Å². The molecule has 1 aromatic carbocycles. The zero-order chi connectivity index (χ0) is 12.9. The molecule has 0 spiro atoms. The molecule has 0 radical (unpaired) electrons. The van der Waals surface area contributed by atoms with Gasteiger partial charge in [0.25, 0.3) is 0 Å². The van der Waals surface area contributed by atoms with Crippen LogP contribution in [0.3, 0.4) is 0 Å². The van der Waals surface area contributed by atoms with Gasteiger partial charge in [-0.15, -0.1) is 0 Å². The van der Waals surface area contributed by atoms with Crippen molar-refractivity contribution in [3.8, 4) is 0 Å². The first kappa shape index (κ1) is 15.0. The fraction of sp³-hybridized carbons (Fsp3) is 0.455. The molecule has 0 unspecified atom stereocenters. The van der Waals surface area contributed by atoms with Gasteiger partial charge in [0.2, 0.25) is 0 Å². The lowest BCUT2D eigenvalue weighted by atomic mass is 10.2. The first-order valence-corrected chi connectivity index (χ1v) is 8.29. The Hall–Kier alpha value is -0.100. The lowest BCUT2D eigenvalue weighted by Gasteiger charge is -2.06. The molecule has 0 amide bonds. The summed E-state index contributed by atoms with van der Waals surface area (Å²) in [5.74, 6) is 0.374. The lowest BCUT2D eigenvalue weighted by molar-refractivity contribution is 0.592. The molecule has 0 bridgehead atoms. The van der Waals surface area contributed by atoms with Crippen LogP contribution in [0, 0.1) is 0 Å². The standard InChI is InChI=1S/C11H15BrClNO2S/c1-2-17(15,16)6-5-14-8-9-3-4-11(13)10(12)7-9/h3-4,7,14H,2,5-6,8H2,1H3. The molecule has 3 nitrogen and oxygen atoms in total. The molecule has 96 valence electrons. The normalized spacial score (nSPS) is 11.7. The fourth-order valence-corrected chi connectivity index (χ4v) is 2.54. The zero-order valence-electron chi connectivity index (χ0n) is 9.54. The minimum atomic E-state index is -2.88. The molecule has 6 heteroatoms. The van der Waals surface area contributed by atoms with E-state index in [0.717, 1.165) is 10.0 Å². The monoisotopic (exact) mass is 339 g/mol. The average molecular weight is 341 g/mol. The van der Waals surface area contributed by atoms with Gasteiger partial charge in [0.1, 0.15) is 0 Å². The third-order valence-corrected chi connectivity index (χ3v) is 5.26. The smallest absolute Gasteiger partial charge is 0.151 e. The maximum absolute atomic E-state index is 11.2. The molecule has 0 heterocycles. The summed E-state index contributed by atoms with van der Waals surface area (Å²) in [5.41, 5.74) is 1.06. The van der Waals surface area contributed by atoms with Gasteiger partial charge in [-0.25, -0.2) is 8.42 Å². The Labute approximate surface area is 116 Å². The van der Waals surface area contributed by atoms with Crippen LogP contribution in [0.5, 0.6) is 0 Å². The van der Waals surface area contributed by atoms with Crippen molar-refractivity contribution in [2.75, 3.05) is 18.1 Å². The van der Waals surface area contributed by atoms with E-state index in [2.05, 4.69) is 21.2 Å². The van der Waals surface area contributed by atoms with Crippen molar-refractivity contribution in [1.29, 1.82) is 0 Å². The second kappa shape index (κ2) is 6.73.